The van der Waals surface area contributed by atoms with Gasteiger partial charge in [0.25, 0.3) is 0 Å². The van der Waals surface area contributed by atoms with Gasteiger partial charge in [-0.2, -0.15) is 11.8 Å². The number of alkyl carbamates (subject to hydrolysis) is 1. The third-order valence-corrected chi connectivity index (χ3v) is 6.69. The van der Waals surface area contributed by atoms with E-state index < -0.39 is 18.1 Å². The molecule has 7 nitrogen and oxygen atoms in total. The van der Waals surface area contributed by atoms with E-state index in [1.807, 2.05) is 37.4 Å². The number of fused-ring (bicyclic) bond motifs is 3. The summed E-state index contributed by atoms with van der Waals surface area (Å²) >= 11 is 1.54. The first-order valence-corrected chi connectivity index (χ1v) is 12.9. The molecular formula is C26H32N2O5S. The second-order valence-electron chi connectivity index (χ2n) is 8.59. The van der Waals surface area contributed by atoms with Crippen LogP contribution in [0.25, 0.3) is 11.1 Å². The smallest absolute Gasteiger partial charge is 0.407 e. The topological polar surface area (TPSA) is 105 Å². The molecule has 34 heavy (non-hydrogen) atoms. The lowest BCUT2D eigenvalue weighted by molar-refractivity contribution is -0.141. The fourth-order valence-corrected chi connectivity index (χ4v) is 4.62. The first kappa shape index (κ1) is 25.6. The molecule has 2 aromatic rings. The highest BCUT2D eigenvalue weighted by Gasteiger charge is 2.29. The number of rotatable bonds is 12. The predicted octanol–water partition coefficient (Wildman–Crippen LogP) is 4.26. The van der Waals surface area contributed by atoms with Crippen LogP contribution in [0, 0.1) is 5.92 Å². The molecule has 2 amide bonds. The summed E-state index contributed by atoms with van der Waals surface area (Å²) in [5.74, 6) is -0.598. The number of aliphatic carboxylic acids is 1. The number of amides is 2. The molecule has 0 radical (unpaired) electrons. The molecule has 0 aromatic heterocycles. The molecule has 0 aliphatic heterocycles. The molecule has 0 saturated heterocycles. The maximum absolute atomic E-state index is 12.3. The molecule has 0 saturated carbocycles. The van der Waals surface area contributed by atoms with Crippen molar-refractivity contribution in [3.8, 4) is 11.1 Å². The van der Waals surface area contributed by atoms with Gasteiger partial charge in [-0.3, -0.25) is 4.79 Å². The first-order chi connectivity index (χ1) is 16.4. The third kappa shape index (κ3) is 6.76. The Kier molecular flexibility index (Phi) is 9.39. The summed E-state index contributed by atoms with van der Waals surface area (Å²) in [7, 11) is 0. The van der Waals surface area contributed by atoms with Crippen molar-refractivity contribution in [2.24, 2.45) is 5.92 Å². The van der Waals surface area contributed by atoms with Crippen molar-refractivity contribution in [1.82, 2.24) is 10.6 Å². The van der Waals surface area contributed by atoms with Crippen LogP contribution in [0.4, 0.5) is 4.79 Å². The highest BCUT2D eigenvalue weighted by molar-refractivity contribution is 7.98. The second-order valence-corrected chi connectivity index (χ2v) is 9.58. The Balaban J connectivity index is 1.41. The van der Waals surface area contributed by atoms with E-state index in [-0.39, 0.29) is 30.8 Å². The van der Waals surface area contributed by atoms with Crippen LogP contribution < -0.4 is 10.6 Å². The molecule has 8 heteroatoms. The Morgan fingerprint density at radius 2 is 1.65 bits per heavy atom. The quantitative estimate of drug-likeness (QED) is 0.416. The summed E-state index contributed by atoms with van der Waals surface area (Å²) in [4.78, 5) is 35.7. The predicted molar refractivity (Wildman–Crippen MR) is 134 cm³/mol. The summed E-state index contributed by atoms with van der Waals surface area (Å²) in [6.45, 7) is 2.56. The Morgan fingerprint density at radius 1 is 1.03 bits per heavy atom. The Morgan fingerprint density at radius 3 is 2.24 bits per heavy atom. The Bertz CT molecular complexity index is 967. The molecule has 0 heterocycles. The van der Waals surface area contributed by atoms with Gasteiger partial charge in [0.2, 0.25) is 5.91 Å². The van der Waals surface area contributed by atoms with Crippen LogP contribution in [-0.2, 0) is 14.3 Å². The molecule has 0 bridgehead atoms. The highest BCUT2D eigenvalue weighted by atomic mass is 32.2. The number of hydrogen-bond donors (Lipinski definition) is 3. The van der Waals surface area contributed by atoms with Crippen molar-refractivity contribution < 1.29 is 24.2 Å². The lowest BCUT2D eigenvalue weighted by Gasteiger charge is -2.17. The van der Waals surface area contributed by atoms with Crippen LogP contribution in [0.15, 0.2) is 48.5 Å². The van der Waals surface area contributed by atoms with Crippen LogP contribution in [0.5, 0.6) is 0 Å². The van der Waals surface area contributed by atoms with E-state index >= 15 is 0 Å². The molecule has 3 rings (SSSR count). The van der Waals surface area contributed by atoms with Crippen LogP contribution in [-0.4, -0.2) is 54.3 Å². The van der Waals surface area contributed by atoms with Gasteiger partial charge in [-0.05, 0) is 53.0 Å². The van der Waals surface area contributed by atoms with E-state index in [4.69, 9.17) is 4.74 Å². The van der Waals surface area contributed by atoms with E-state index in [2.05, 4.69) is 34.9 Å². The van der Waals surface area contributed by atoms with Crippen LogP contribution >= 0.6 is 11.8 Å². The monoisotopic (exact) mass is 484 g/mol. The fraction of sp³-hybridized carbons (Fsp3) is 0.423. The maximum Gasteiger partial charge on any atom is 0.407 e. The van der Waals surface area contributed by atoms with E-state index in [1.54, 1.807) is 11.8 Å². The zero-order chi connectivity index (χ0) is 24.5. The van der Waals surface area contributed by atoms with Crippen molar-refractivity contribution in [3.05, 3.63) is 59.7 Å². The fourth-order valence-electron chi connectivity index (χ4n) is 4.15. The molecular weight excluding hydrogens is 452 g/mol. The molecule has 3 N–H and O–H groups in total. The maximum atomic E-state index is 12.3. The van der Waals surface area contributed by atoms with Crippen molar-refractivity contribution in [3.63, 3.8) is 0 Å². The van der Waals surface area contributed by atoms with E-state index in [0.29, 0.717) is 25.1 Å². The number of carboxylic acids is 1. The zero-order valence-electron chi connectivity index (χ0n) is 19.6. The van der Waals surface area contributed by atoms with E-state index in [0.717, 1.165) is 11.1 Å². The van der Waals surface area contributed by atoms with Gasteiger partial charge in [-0.15, -0.1) is 0 Å². The van der Waals surface area contributed by atoms with Gasteiger partial charge in [0.1, 0.15) is 12.6 Å². The average molecular weight is 485 g/mol. The minimum atomic E-state index is -1.02. The number of ether oxygens (including phenoxy) is 1. The normalized spacial score (nSPS) is 13.9. The Labute approximate surface area is 204 Å². The highest BCUT2D eigenvalue weighted by Crippen LogP contribution is 2.44. The number of carboxylic acid groups (broad SMARTS) is 1. The van der Waals surface area contributed by atoms with E-state index in [1.165, 1.54) is 11.1 Å². The largest absolute Gasteiger partial charge is 0.480 e. The number of benzene rings is 2. The number of nitrogens with one attached hydrogen (secondary N) is 2. The van der Waals surface area contributed by atoms with Gasteiger partial charge in [-0.1, -0.05) is 55.5 Å². The number of thioether (sulfide) groups is 1. The molecule has 0 fully saturated rings. The summed E-state index contributed by atoms with van der Waals surface area (Å²) in [5.41, 5.74) is 4.68. The molecule has 2 atom stereocenters. The summed E-state index contributed by atoms with van der Waals surface area (Å²) in [6, 6.07) is 15.5. The lowest BCUT2D eigenvalue weighted by Crippen LogP contribution is -2.41. The van der Waals surface area contributed by atoms with Gasteiger partial charge in [0.05, 0.1) is 0 Å². The average Bonchev–Trinajstić information content (AvgIpc) is 3.16. The van der Waals surface area contributed by atoms with Crippen LogP contribution in [0.1, 0.15) is 43.2 Å². The summed E-state index contributed by atoms with van der Waals surface area (Å²) < 4.78 is 5.54. The van der Waals surface area contributed by atoms with Crippen molar-refractivity contribution in [1.29, 1.82) is 0 Å². The SMILES string of the molecule is CSCCC(NC(=O)CCC(C)CNC(=O)OCC1c2ccccc2-c2ccccc21)C(=O)O. The van der Waals surface area contributed by atoms with E-state index in [9.17, 15) is 19.5 Å². The van der Waals surface area contributed by atoms with Crippen LogP contribution in [0.3, 0.4) is 0 Å². The minimum Gasteiger partial charge on any atom is -0.480 e. The van der Waals surface area contributed by atoms with Crippen molar-refractivity contribution in [2.75, 3.05) is 25.2 Å². The Hall–Kier alpha value is -3.00. The molecule has 1 aliphatic rings. The number of hydrogen-bond acceptors (Lipinski definition) is 5. The molecule has 0 spiro atoms. The zero-order valence-corrected chi connectivity index (χ0v) is 20.4. The molecule has 1 aliphatic carbocycles. The lowest BCUT2D eigenvalue weighted by atomic mass is 9.98. The first-order valence-electron chi connectivity index (χ1n) is 11.5. The minimum absolute atomic E-state index is 0.00700. The number of carbonyl (C=O) groups is 3. The van der Waals surface area contributed by atoms with Gasteiger partial charge in [-0.25, -0.2) is 9.59 Å². The van der Waals surface area contributed by atoms with Gasteiger partial charge >= 0.3 is 12.1 Å². The third-order valence-electron chi connectivity index (χ3n) is 6.05. The second kappa shape index (κ2) is 12.5. The molecule has 2 unspecified atom stereocenters. The molecule has 2 aromatic carbocycles. The summed E-state index contributed by atoms with van der Waals surface area (Å²) in [6.07, 6.45) is 2.54. The summed E-state index contributed by atoms with van der Waals surface area (Å²) in [5, 5.41) is 14.6. The van der Waals surface area contributed by atoms with Gasteiger partial charge in [0, 0.05) is 18.9 Å². The van der Waals surface area contributed by atoms with Crippen molar-refractivity contribution >= 4 is 29.7 Å². The number of carbonyl (C=O) groups excluding carboxylic acids is 2. The standard InChI is InChI=1S/C26H32N2O5S/c1-17(11-12-24(29)28-23(25(30)31)13-14-34-2)15-27-26(32)33-16-22-20-9-5-3-7-18(20)19-8-4-6-10-21(19)22/h3-10,17,22-23H,11-16H2,1-2H3,(H,27,32)(H,28,29)(H,30,31). The van der Waals surface area contributed by atoms with Crippen molar-refractivity contribution in [2.45, 2.75) is 38.1 Å². The van der Waals surface area contributed by atoms with Gasteiger partial charge < -0.3 is 20.5 Å². The van der Waals surface area contributed by atoms with Gasteiger partial charge in [0.15, 0.2) is 0 Å². The molecule has 182 valence electrons. The van der Waals surface area contributed by atoms with Crippen LogP contribution in [0.2, 0.25) is 0 Å².